The number of pyridine rings is 1. The van der Waals surface area contributed by atoms with Gasteiger partial charge in [-0.05, 0) is 12.5 Å². The molecule has 1 nitrogen and oxygen atoms in total. The largest absolute Gasteiger partial charge is 0.205 e. The summed E-state index contributed by atoms with van der Waals surface area (Å²) in [5.74, 6) is 0. The maximum Gasteiger partial charge on any atom is 0.178 e. The molecule has 0 N–H and O–H groups in total. The van der Waals surface area contributed by atoms with Gasteiger partial charge in [-0.3, -0.25) is 0 Å². The van der Waals surface area contributed by atoms with Crippen LogP contribution in [0.25, 0.3) is 0 Å². The van der Waals surface area contributed by atoms with Gasteiger partial charge in [0.1, 0.15) is 7.05 Å². The van der Waals surface area contributed by atoms with Crippen LogP contribution in [0.2, 0.25) is 0 Å². The van der Waals surface area contributed by atoms with Crippen molar-refractivity contribution in [2.45, 2.75) is 21.3 Å². The van der Waals surface area contributed by atoms with Crippen molar-refractivity contribution in [3.05, 3.63) is 29.6 Å². The molecule has 0 radical (unpaired) electrons. The molecule has 0 fully saturated rings. The van der Waals surface area contributed by atoms with Crippen LogP contribution in [-0.4, -0.2) is 0 Å². The molecule has 0 aliphatic carbocycles. The van der Waals surface area contributed by atoms with E-state index >= 15 is 0 Å². The first-order valence-corrected chi connectivity index (χ1v) is 3.13. The van der Waals surface area contributed by atoms with Crippen molar-refractivity contribution in [3.63, 3.8) is 0 Å². The van der Waals surface area contributed by atoms with Crippen molar-refractivity contribution < 1.29 is 4.57 Å². The highest BCUT2D eigenvalue weighted by Crippen LogP contribution is 1.94. The molecule has 0 saturated carbocycles. The Bertz CT molecular complexity index is 216. The van der Waals surface area contributed by atoms with E-state index in [2.05, 4.69) is 43.8 Å². The lowest BCUT2D eigenvalue weighted by Crippen LogP contribution is -2.30. The maximum atomic E-state index is 2.17. The van der Waals surface area contributed by atoms with Gasteiger partial charge in [0, 0.05) is 19.1 Å². The first kappa shape index (κ1) is 9.15. The average Bonchev–Trinajstić information content (AvgIpc) is 1.80. The molecule has 0 aliphatic rings. The van der Waals surface area contributed by atoms with Crippen LogP contribution in [0.3, 0.4) is 0 Å². The van der Waals surface area contributed by atoms with E-state index in [0.29, 0.717) is 0 Å². The third-order valence-corrected chi connectivity index (χ3v) is 1.55. The predicted molar refractivity (Wildman–Crippen MR) is 43.8 cm³/mol. The monoisotopic (exact) mass is 138 g/mol. The van der Waals surface area contributed by atoms with Crippen molar-refractivity contribution in [2.75, 3.05) is 0 Å². The highest BCUT2D eigenvalue weighted by atomic mass is 14.9. The van der Waals surface area contributed by atoms with E-state index in [1.54, 1.807) is 0 Å². The summed E-state index contributed by atoms with van der Waals surface area (Å²) < 4.78 is 2.10. The van der Waals surface area contributed by atoms with Gasteiger partial charge >= 0.3 is 0 Å². The Morgan fingerprint density at radius 1 is 1.30 bits per heavy atom. The zero-order valence-electron chi connectivity index (χ0n) is 6.18. The molecule has 0 aromatic carbocycles. The van der Waals surface area contributed by atoms with E-state index in [1.165, 1.54) is 11.3 Å². The van der Waals surface area contributed by atoms with Gasteiger partial charge in [-0.1, -0.05) is 7.43 Å². The molecule has 1 aromatic rings. The minimum absolute atomic E-state index is 0. The van der Waals surface area contributed by atoms with Crippen molar-refractivity contribution in [1.29, 1.82) is 0 Å². The summed E-state index contributed by atoms with van der Waals surface area (Å²) in [6.45, 7) is 4.21. The second-order valence-corrected chi connectivity index (χ2v) is 2.46. The SMILES string of the molecule is C.Cc1cc[n+](C)c(C)c1. The molecule has 10 heavy (non-hydrogen) atoms. The van der Waals surface area contributed by atoms with Gasteiger partial charge in [-0.2, -0.15) is 0 Å². The second kappa shape index (κ2) is 3.35. The molecule has 1 heterocycles. The first-order valence-electron chi connectivity index (χ1n) is 3.13. The zero-order valence-corrected chi connectivity index (χ0v) is 6.18. The Balaban J connectivity index is 0.000000810. The molecule has 0 spiro atoms. The Hall–Kier alpha value is -0.850. The number of rotatable bonds is 0. The van der Waals surface area contributed by atoms with E-state index in [0.717, 1.165) is 0 Å². The Morgan fingerprint density at radius 3 is 2.30 bits per heavy atom. The van der Waals surface area contributed by atoms with Gasteiger partial charge in [-0.15, -0.1) is 0 Å². The number of aromatic nitrogens is 1. The lowest BCUT2D eigenvalue weighted by molar-refractivity contribution is -0.677. The maximum absolute atomic E-state index is 2.17. The normalized spacial score (nSPS) is 8.70. The summed E-state index contributed by atoms with van der Waals surface area (Å²) in [6, 6.07) is 4.27. The fraction of sp³-hybridized carbons (Fsp3) is 0.444. The molecule has 0 saturated heterocycles. The standard InChI is InChI=1S/C8H12N.CH4/c1-7-4-5-9(3)8(2)6-7;/h4-6H,1-3H3;1H4/q+1;. The Kier molecular flexibility index (Phi) is 3.07. The lowest BCUT2D eigenvalue weighted by Gasteiger charge is -1.92. The van der Waals surface area contributed by atoms with Crippen LogP contribution >= 0.6 is 0 Å². The number of hydrogen-bond acceptors (Lipinski definition) is 0. The van der Waals surface area contributed by atoms with Crippen LogP contribution in [0.4, 0.5) is 0 Å². The average molecular weight is 138 g/mol. The summed E-state index contributed by atoms with van der Waals surface area (Å²) in [5, 5.41) is 0. The fourth-order valence-electron chi connectivity index (χ4n) is 0.826. The summed E-state index contributed by atoms with van der Waals surface area (Å²) in [5.41, 5.74) is 2.63. The fourth-order valence-corrected chi connectivity index (χ4v) is 0.826. The van der Waals surface area contributed by atoms with Gasteiger partial charge in [0.05, 0.1) is 0 Å². The van der Waals surface area contributed by atoms with E-state index in [-0.39, 0.29) is 7.43 Å². The summed E-state index contributed by atoms with van der Waals surface area (Å²) in [4.78, 5) is 0. The molecular weight excluding hydrogens is 122 g/mol. The molecule has 0 bridgehead atoms. The Labute approximate surface area is 63.3 Å². The molecule has 0 atom stereocenters. The zero-order chi connectivity index (χ0) is 6.85. The highest BCUT2D eigenvalue weighted by molar-refractivity contribution is 5.08. The van der Waals surface area contributed by atoms with Crippen LogP contribution in [0.1, 0.15) is 18.7 Å². The van der Waals surface area contributed by atoms with Gasteiger partial charge in [0.25, 0.3) is 0 Å². The topological polar surface area (TPSA) is 3.88 Å². The summed E-state index contributed by atoms with van der Waals surface area (Å²) >= 11 is 0. The summed E-state index contributed by atoms with van der Waals surface area (Å²) in [7, 11) is 2.05. The minimum atomic E-state index is 0. The molecule has 0 amide bonds. The molecule has 1 heteroatoms. The number of nitrogens with zero attached hydrogens (tertiary/aromatic N) is 1. The molecule has 1 rings (SSSR count). The Morgan fingerprint density at radius 2 is 1.90 bits per heavy atom. The van der Waals surface area contributed by atoms with Crippen LogP contribution in [0.15, 0.2) is 18.3 Å². The van der Waals surface area contributed by atoms with Crippen LogP contribution in [-0.2, 0) is 7.05 Å². The van der Waals surface area contributed by atoms with Crippen molar-refractivity contribution in [2.24, 2.45) is 7.05 Å². The van der Waals surface area contributed by atoms with Crippen LogP contribution in [0.5, 0.6) is 0 Å². The van der Waals surface area contributed by atoms with E-state index in [4.69, 9.17) is 0 Å². The minimum Gasteiger partial charge on any atom is -0.205 e. The predicted octanol–water partition coefficient (Wildman–Crippen LogP) is 1.76. The third-order valence-electron chi connectivity index (χ3n) is 1.55. The second-order valence-electron chi connectivity index (χ2n) is 2.46. The molecule has 1 aromatic heterocycles. The van der Waals surface area contributed by atoms with E-state index in [9.17, 15) is 0 Å². The first-order chi connectivity index (χ1) is 4.20. The van der Waals surface area contributed by atoms with Crippen LogP contribution < -0.4 is 4.57 Å². The number of hydrogen-bond donors (Lipinski definition) is 0. The quantitative estimate of drug-likeness (QED) is 0.481. The third kappa shape index (κ3) is 1.83. The molecule has 0 aliphatic heterocycles. The van der Waals surface area contributed by atoms with E-state index in [1.807, 2.05) is 0 Å². The van der Waals surface area contributed by atoms with Crippen molar-refractivity contribution in [1.82, 2.24) is 0 Å². The molecule has 56 valence electrons. The van der Waals surface area contributed by atoms with Gasteiger partial charge in [-0.25, -0.2) is 4.57 Å². The highest BCUT2D eigenvalue weighted by Gasteiger charge is 1.96. The summed E-state index contributed by atoms with van der Waals surface area (Å²) in [6.07, 6.45) is 2.07. The van der Waals surface area contributed by atoms with Gasteiger partial charge < -0.3 is 0 Å². The van der Waals surface area contributed by atoms with Crippen LogP contribution in [0, 0.1) is 13.8 Å². The van der Waals surface area contributed by atoms with Gasteiger partial charge in [0.15, 0.2) is 11.9 Å². The lowest BCUT2D eigenvalue weighted by atomic mass is 10.2. The van der Waals surface area contributed by atoms with Gasteiger partial charge in [0.2, 0.25) is 0 Å². The van der Waals surface area contributed by atoms with Crippen molar-refractivity contribution >= 4 is 0 Å². The van der Waals surface area contributed by atoms with Crippen molar-refractivity contribution in [3.8, 4) is 0 Å². The number of aryl methyl sites for hydroxylation is 3. The van der Waals surface area contributed by atoms with E-state index < -0.39 is 0 Å². The molecular formula is C9H16N+. The smallest absolute Gasteiger partial charge is 0.178 e. The molecule has 0 unspecified atom stereocenters.